The zero-order chi connectivity index (χ0) is 22.1. The largest absolute Gasteiger partial charge is 0.352 e. The Kier molecular flexibility index (Phi) is 5.94. The molecule has 0 aliphatic carbocycles. The molecule has 31 heavy (non-hydrogen) atoms. The first kappa shape index (κ1) is 21.3. The van der Waals surface area contributed by atoms with Gasteiger partial charge >= 0.3 is 0 Å². The van der Waals surface area contributed by atoms with Crippen LogP contribution < -0.4 is 5.32 Å². The van der Waals surface area contributed by atoms with Crippen LogP contribution in [0.4, 0.5) is 5.95 Å². The van der Waals surface area contributed by atoms with Gasteiger partial charge in [0.1, 0.15) is 0 Å². The van der Waals surface area contributed by atoms with Crippen molar-refractivity contribution in [1.29, 1.82) is 0 Å². The molecule has 3 atom stereocenters. The van der Waals surface area contributed by atoms with Crippen molar-refractivity contribution in [2.45, 2.75) is 46.2 Å². The number of carbonyl (C=O) groups is 2. The van der Waals surface area contributed by atoms with Crippen molar-refractivity contribution in [3.63, 3.8) is 0 Å². The molecule has 7 heteroatoms. The van der Waals surface area contributed by atoms with Crippen LogP contribution in [0.25, 0.3) is 0 Å². The summed E-state index contributed by atoms with van der Waals surface area (Å²) in [7, 11) is 0. The summed E-state index contributed by atoms with van der Waals surface area (Å²) in [5.41, 5.74) is 2.88. The molecule has 3 heterocycles. The third kappa shape index (κ3) is 4.13. The molecular weight excluding hydrogens is 390 g/mol. The van der Waals surface area contributed by atoms with E-state index in [1.54, 1.807) is 12.4 Å². The maximum atomic E-state index is 13.1. The van der Waals surface area contributed by atoms with E-state index in [1.165, 1.54) is 11.1 Å². The van der Waals surface area contributed by atoms with Crippen molar-refractivity contribution < 1.29 is 9.59 Å². The van der Waals surface area contributed by atoms with E-state index in [1.807, 2.05) is 42.7 Å². The number of nitrogens with one attached hydrogen (secondary N) is 1. The molecule has 2 aliphatic rings. The molecule has 7 nitrogen and oxygen atoms in total. The van der Waals surface area contributed by atoms with E-state index in [0.29, 0.717) is 37.6 Å². The fourth-order valence-corrected chi connectivity index (χ4v) is 4.94. The van der Waals surface area contributed by atoms with E-state index in [-0.39, 0.29) is 35.7 Å². The number of aromatic nitrogens is 2. The summed E-state index contributed by atoms with van der Waals surface area (Å²) in [6, 6.07) is 8.53. The monoisotopic (exact) mass is 421 g/mol. The normalized spacial score (nSPS) is 22.7. The van der Waals surface area contributed by atoms with E-state index < -0.39 is 0 Å². The van der Waals surface area contributed by atoms with Gasteiger partial charge in [-0.1, -0.05) is 31.2 Å². The van der Waals surface area contributed by atoms with Gasteiger partial charge in [0.2, 0.25) is 11.9 Å². The maximum absolute atomic E-state index is 13.1. The molecule has 0 saturated carbocycles. The minimum Gasteiger partial charge on any atom is -0.352 e. The Labute approximate surface area is 183 Å². The summed E-state index contributed by atoms with van der Waals surface area (Å²) in [5.74, 6) is 1.19. The average Bonchev–Trinajstić information content (AvgIpc) is 3.31. The van der Waals surface area contributed by atoms with Gasteiger partial charge in [-0.15, -0.1) is 0 Å². The summed E-state index contributed by atoms with van der Waals surface area (Å²) in [5, 5.41) is 3.14. The molecule has 1 N–H and O–H groups in total. The number of benzene rings is 1. The van der Waals surface area contributed by atoms with Gasteiger partial charge < -0.3 is 15.1 Å². The quantitative estimate of drug-likeness (QED) is 0.802. The Morgan fingerprint density at radius 2 is 1.84 bits per heavy atom. The molecule has 2 aromatic rings. The van der Waals surface area contributed by atoms with E-state index in [0.717, 1.165) is 0 Å². The van der Waals surface area contributed by atoms with E-state index in [9.17, 15) is 9.59 Å². The lowest BCUT2D eigenvalue weighted by atomic mass is 9.87. The minimum atomic E-state index is -0.0394. The predicted molar refractivity (Wildman–Crippen MR) is 120 cm³/mol. The van der Waals surface area contributed by atoms with Crippen LogP contribution in [0, 0.1) is 18.8 Å². The van der Waals surface area contributed by atoms with Gasteiger partial charge in [-0.25, -0.2) is 9.97 Å². The van der Waals surface area contributed by atoms with Gasteiger partial charge in [0.15, 0.2) is 0 Å². The Morgan fingerprint density at radius 1 is 1.13 bits per heavy atom. The van der Waals surface area contributed by atoms with Crippen LogP contribution >= 0.6 is 0 Å². The Hall–Kier alpha value is -2.96. The molecule has 1 aromatic heterocycles. The molecule has 2 saturated heterocycles. The Morgan fingerprint density at radius 3 is 2.48 bits per heavy atom. The number of hydrogen-bond acceptors (Lipinski definition) is 5. The predicted octanol–water partition coefficient (Wildman–Crippen LogP) is 3.29. The summed E-state index contributed by atoms with van der Waals surface area (Å²) in [6.07, 6.45) is 3.69. The van der Waals surface area contributed by atoms with Crippen LogP contribution in [-0.2, 0) is 4.79 Å². The van der Waals surface area contributed by atoms with Gasteiger partial charge in [-0.2, -0.15) is 0 Å². The number of fused-ring (bicyclic) bond motifs is 1. The molecule has 2 fully saturated rings. The van der Waals surface area contributed by atoms with Crippen LogP contribution in [0.5, 0.6) is 0 Å². The summed E-state index contributed by atoms with van der Waals surface area (Å²) in [4.78, 5) is 38.4. The number of rotatable bonds is 5. The van der Waals surface area contributed by atoms with Gasteiger partial charge in [0.05, 0.1) is 11.6 Å². The third-order valence-corrected chi connectivity index (χ3v) is 6.40. The van der Waals surface area contributed by atoms with Gasteiger partial charge in [-0.05, 0) is 31.9 Å². The molecule has 2 aliphatic heterocycles. The van der Waals surface area contributed by atoms with Gasteiger partial charge in [-0.3, -0.25) is 9.59 Å². The van der Waals surface area contributed by atoms with Crippen LogP contribution in [0.15, 0.2) is 36.7 Å². The number of anilines is 1. The number of nitrogens with zero attached hydrogens (tertiary/aromatic N) is 4. The molecule has 1 aromatic carbocycles. The van der Waals surface area contributed by atoms with Crippen molar-refractivity contribution >= 4 is 17.8 Å². The van der Waals surface area contributed by atoms with Crippen molar-refractivity contribution in [2.75, 3.05) is 25.0 Å². The molecular formula is C24H31N5O2. The lowest BCUT2D eigenvalue weighted by Gasteiger charge is -2.30. The van der Waals surface area contributed by atoms with Crippen molar-refractivity contribution in [3.05, 3.63) is 53.3 Å². The van der Waals surface area contributed by atoms with Crippen LogP contribution in [0.2, 0.25) is 0 Å². The van der Waals surface area contributed by atoms with Crippen LogP contribution in [0.1, 0.15) is 54.7 Å². The highest BCUT2D eigenvalue weighted by Crippen LogP contribution is 2.46. The fourth-order valence-electron chi connectivity index (χ4n) is 4.94. The minimum absolute atomic E-state index is 0.0188. The highest BCUT2D eigenvalue weighted by atomic mass is 16.2. The zero-order valence-electron chi connectivity index (χ0n) is 18.7. The van der Waals surface area contributed by atoms with Crippen molar-refractivity contribution in [1.82, 2.24) is 19.8 Å². The summed E-state index contributed by atoms with van der Waals surface area (Å²) >= 11 is 0. The first-order valence-electron chi connectivity index (χ1n) is 11.1. The molecule has 4 rings (SSSR count). The van der Waals surface area contributed by atoms with Crippen LogP contribution in [0.3, 0.4) is 0 Å². The lowest BCUT2D eigenvalue weighted by Crippen LogP contribution is -2.37. The summed E-state index contributed by atoms with van der Waals surface area (Å²) in [6.45, 7) is 10.0. The van der Waals surface area contributed by atoms with Crippen LogP contribution in [-0.4, -0.2) is 57.3 Å². The second kappa shape index (κ2) is 8.65. The maximum Gasteiger partial charge on any atom is 0.257 e. The van der Waals surface area contributed by atoms with Gasteiger partial charge in [0, 0.05) is 56.3 Å². The topological polar surface area (TPSA) is 78.4 Å². The smallest absolute Gasteiger partial charge is 0.257 e. The number of carbonyl (C=O) groups excluding carboxylic acids is 2. The molecule has 0 radical (unpaired) electrons. The second-order valence-corrected chi connectivity index (χ2v) is 8.93. The average molecular weight is 422 g/mol. The molecule has 0 spiro atoms. The SMILES string of the molecule is CCC(=O)N1C[C@@H]2CN(C(=O)c3cnc(NC(C)C)nc3)C[C@@H]2[C@H]1c1ccccc1C. The highest BCUT2D eigenvalue weighted by molar-refractivity contribution is 5.94. The zero-order valence-corrected chi connectivity index (χ0v) is 18.7. The Bertz CT molecular complexity index is 959. The third-order valence-electron chi connectivity index (χ3n) is 6.40. The van der Waals surface area contributed by atoms with Gasteiger partial charge in [0.25, 0.3) is 5.91 Å². The second-order valence-electron chi connectivity index (χ2n) is 8.93. The van der Waals surface area contributed by atoms with E-state index in [4.69, 9.17) is 0 Å². The number of hydrogen-bond donors (Lipinski definition) is 1. The number of amides is 2. The molecule has 0 bridgehead atoms. The van der Waals surface area contributed by atoms with E-state index >= 15 is 0 Å². The first-order valence-corrected chi connectivity index (χ1v) is 11.1. The Balaban J connectivity index is 1.54. The van der Waals surface area contributed by atoms with E-state index in [2.05, 4.69) is 34.3 Å². The first-order chi connectivity index (χ1) is 14.9. The number of likely N-dealkylation sites (tertiary alicyclic amines) is 2. The molecule has 0 unspecified atom stereocenters. The molecule has 164 valence electrons. The number of aryl methyl sites for hydroxylation is 1. The lowest BCUT2D eigenvalue weighted by molar-refractivity contribution is -0.132. The fraction of sp³-hybridized carbons (Fsp3) is 0.500. The molecule has 2 amide bonds. The van der Waals surface area contributed by atoms with Crippen molar-refractivity contribution in [2.24, 2.45) is 11.8 Å². The standard InChI is InChI=1S/C24H31N5O2/c1-5-21(30)29-13-18-12-28(14-20(18)22(29)19-9-7-6-8-16(19)4)23(31)17-10-25-24(26-11-17)27-15(2)3/h6-11,15,18,20,22H,5,12-14H2,1-4H3,(H,25,26,27)/t18-,20-,22+/m0/s1. The summed E-state index contributed by atoms with van der Waals surface area (Å²) < 4.78 is 0. The van der Waals surface area contributed by atoms with Crippen molar-refractivity contribution in [3.8, 4) is 0 Å². The highest BCUT2D eigenvalue weighted by Gasteiger charge is 2.50.